The van der Waals surface area contributed by atoms with Crippen LogP contribution < -0.4 is 9.80 Å². The summed E-state index contributed by atoms with van der Waals surface area (Å²) in [5, 5.41) is 7.37. The predicted octanol–water partition coefficient (Wildman–Crippen LogP) is 16.7. The summed E-state index contributed by atoms with van der Waals surface area (Å²) in [5.74, 6) is 0. The lowest BCUT2D eigenvalue weighted by atomic mass is 9.65. The molecule has 14 rings (SSSR count). The topological polar surface area (TPSA) is 11.4 Å². The maximum absolute atomic E-state index is 2.53. The molecule has 2 heterocycles. The molecule has 0 saturated carbocycles. The molecule has 1 aromatic heterocycles. The van der Waals surface area contributed by atoms with E-state index in [2.05, 4.69) is 263 Å². The average molecular weight is 840 g/mol. The summed E-state index contributed by atoms with van der Waals surface area (Å²) < 4.78 is 2.53. The zero-order chi connectivity index (χ0) is 43.3. The van der Waals surface area contributed by atoms with Crippen LogP contribution in [0.1, 0.15) is 22.3 Å². The molecule has 0 unspecified atom stereocenters. The van der Waals surface area contributed by atoms with Gasteiger partial charge in [0.25, 0.3) is 0 Å². The van der Waals surface area contributed by atoms with Crippen LogP contribution in [-0.4, -0.2) is 4.57 Å². The Kier molecular flexibility index (Phi) is 7.90. The van der Waals surface area contributed by atoms with Gasteiger partial charge in [0, 0.05) is 44.3 Å². The average Bonchev–Trinajstić information content (AvgIpc) is 3.87. The van der Waals surface area contributed by atoms with Gasteiger partial charge in [0.15, 0.2) is 0 Å². The van der Waals surface area contributed by atoms with Gasteiger partial charge in [0.1, 0.15) is 0 Å². The van der Waals surface area contributed by atoms with Crippen molar-refractivity contribution in [2.75, 3.05) is 9.80 Å². The number of fused-ring (bicyclic) bond motifs is 14. The van der Waals surface area contributed by atoms with Gasteiger partial charge in [-0.05, 0) is 117 Å². The molecule has 1 aliphatic heterocycles. The van der Waals surface area contributed by atoms with Crippen LogP contribution in [0.25, 0.3) is 60.2 Å². The molecule has 1 spiro atoms. The third kappa shape index (κ3) is 5.08. The Hall–Kier alpha value is -8.66. The van der Waals surface area contributed by atoms with E-state index in [4.69, 9.17) is 0 Å². The summed E-state index contributed by atoms with van der Waals surface area (Å²) in [6.07, 6.45) is 0. The molecule has 66 heavy (non-hydrogen) atoms. The first-order valence-electron chi connectivity index (χ1n) is 22.9. The first kappa shape index (κ1) is 36.8. The second-order valence-corrected chi connectivity index (χ2v) is 17.6. The number of benzene rings is 11. The van der Waals surface area contributed by atoms with Crippen molar-refractivity contribution in [3.8, 4) is 16.8 Å². The predicted molar refractivity (Wildman–Crippen MR) is 276 cm³/mol. The number of hydrogen-bond acceptors (Lipinski definition) is 2. The molecular weight excluding hydrogens is 799 g/mol. The third-order valence-corrected chi connectivity index (χ3v) is 14.3. The Labute approximate surface area is 383 Å². The Bertz CT molecular complexity index is 3720. The highest BCUT2D eigenvalue weighted by Crippen LogP contribution is 2.62. The van der Waals surface area contributed by atoms with Crippen LogP contribution in [0.15, 0.2) is 249 Å². The van der Waals surface area contributed by atoms with Gasteiger partial charge in [-0.2, -0.15) is 0 Å². The van der Waals surface area contributed by atoms with Crippen LogP contribution in [0.2, 0.25) is 0 Å². The molecule has 308 valence electrons. The van der Waals surface area contributed by atoms with E-state index in [-0.39, 0.29) is 0 Å². The van der Waals surface area contributed by atoms with Gasteiger partial charge in [-0.25, -0.2) is 0 Å². The molecule has 0 saturated heterocycles. The van der Waals surface area contributed by atoms with Crippen molar-refractivity contribution in [3.63, 3.8) is 0 Å². The molecule has 0 amide bonds. The van der Waals surface area contributed by atoms with Gasteiger partial charge >= 0.3 is 0 Å². The molecule has 11 aromatic carbocycles. The molecule has 3 heteroatoms. The SMILES string of the molecule is c1ccc(N(c2ccc3c(c2)C2(c4cc(N(c5ccccc5)c5cccc6ccccc56)ccc4-3)c3ccccc3-n3c4ccccc4c4cccc2c43)c2cccc3ccccc23)cc1. The first-order chi connectivity index (χ1) is 32.8. The van der Waals surface area contributed by atoms with Crippen molar-refractivity contribution < 1.29 is 0 Å². The van der Waals surface area contributed by atoms with Crippen molar-refractivity contribution in [1.82, 2.24) is 4.57 Å². The van der Waals surface area contributed by atoms with E-state index in [0.717, 1.165) is 34.1 Å². The van der Waals surface area contributed by atoms with Crippen LogP contribution in [0.4, 0.5) is 34.1 Å². The van der Waals surface area contributed by atoms with E-state index in [1.807, 2.05) is 0 Å². The Morgan fingerprint density at radius 2 is 0.758 bits per heavy atom. The van der Waals surface area contributed by atoms with Crippen molar-refractivity contribution in [2.24, 2.45) is 0 Å². The van der Waals surface area contributed by atoms with Crippen molar-refractivity contribution in [3.05, 3.63) is 271 Å². The molecule has 1 aliphatic carbocycles. The quantitative estimate of drug-likeness (QED) is 0.165. The van der Waals surface area contributed by atoms with Crippen LogP contribution in [0, 0.1) is 0 Å². The lowest BCUT2D eigenvalue weighted by Gasteiger charge is -2.40. The zero-order valence-electron chi connectivity index (χ0n) is 36.0. The van der Waals surface area contributed by atoms with E-state index >= 15 is 0 Å². The van der Waals surface area contributed by atoms with E-state index in [1.165, 1.54) is 82.4 Å². The fourth-order valence-electron chi connectivity index (χ4n) is 11.7. The van der Waals surface area contributed by atoms with Crippen molar-refractivity contribution >= 4 is 77.5 Å². The van der Waals surface area contributed by atoms with Gasteiger partial charge in [-0.1, -0.05) is 176 Å². The number of nitrogens with zero attached hydrogens (tertiary/aromatic N) is 3. The Morgan fingerprint density at radius 3 is 1.36 bits per heavy atom. The van der Waals surface area contributed by atoms with Crippen LogP contribution in [0.5, 0.6) is 0 Å². The van der Waals surface area contributed by atoms with E-state index < -0.39 is 5.41 Å². The van der Waals surface area contributed by atoms with E-state index in [1.54, 1.807) is 0 Å². The molecular formula is C63H41N3. The van der Waals surface area contributed by atoms with Crippen molar-refractivity contribution in [1.29, 1.82) is 0 Å². The van der Waals surface area contributed by atoms with E-state index in [0.29, 0.717) is 0 Å². The van der Waals surface area contributed by atoms with Crippen LogP contribution in [-0.2, 0) is 5.41 Å². The molecule has 12 aromatic rings. The minimum absolute atomic E-state index is 0.681. The molecule has 3 nitrogen and oxygen atoms in total. The fourth-order valence-corrected chi connectivity index (χ4v) is 11.7. The van der Waals surface area contributed by atoms with Gasteiger partial charge in [-0.15, -0.1) is 0 Å². The largest absolute Gasteiger partial charge is 0.310 e. The molecule has 0 N–H and O–H groups in total. The highest BCUT2D eigenvalue weighted by atomic mass is 15.2. The highest BCUT2D eigenvalue weighted by Gasteiger charge is 2.51. The van der Waals surface area contributed by atoms with Gasteiger partial charge in [-0.3, -0.25) is 0 Å². The van der Waals surface area contributed by atoms with Gasteiger partial charge in [0.05, 0.1) is 33.5 Å². The fraction of sp³-hybridized carbons (Fsp3) is 0.0159. The lowest BCUT2D eigenvalue weighted by Crippen LogP contribution is -2.33. The second-order valence-electron chi connectivity index (χ2n) is 17.6. The third-order valence-electron chi connectivity index (χ3n) is 14.3. The summed E-state index contributed by atoms with van der Waals surface area (Å²) >= 11 is 0. The van der Waals surface area contributed by atoms with Crippen LogP contribution in [0.3, 0.4) is 0 Å². The maximum atomic E-state index is 2.53. The molecule has 0 bridgehead atoms. The zero-order valence-corrected chi connectivity index (χ0v) is 36.0. The minimum Gasteiger partial charge on any atom is -0.310 e. The van der Waals surface area contributed by atoms with E-state index in [9.17, 15) is 0 Å². The molecule has 0 radical (unpaired) electrons. The summed E-state index contributed by atoms with van der Waals surface area (Å²) in [6.45, 7) is 0. The standard InChI is InChI=1S/C63H41N3/c1-3-22-44(23-4-1)64(58-34-15-20-42-18-7-9-26-48(42)58)46-36-38-50-51-39-37-47(65(45-24-5-2-6-25-45)59-35-16-21-43-19-8-10-27-49(43)59)41-57(51)63(56(50)40-46)54-30-12-14-33-61(54)66-60-32-13-11-28-52(60)53-29-17-31-55(63)62(53)66/h1-41H. The summed E-state index contributed by atoms with van der Waals surface area (Å²) in [7, 11) is 0. The van der Waals surface area contributed by atoms with Gasteiger partial charge in [0.2, 0.25) is 0 Å². The molecule has 2 aliphatic rings. The summed E-state index contributed by atoms with van der Waals surface area (Å²) in [6, 6.07) is 92.1. The molecule has 0 atom stereocenters. The summed E-state index contributed by atoms with van der Waals surface area (Å²) in [5.41, 5.74) is 17.4. The smallest absolute Gasteiger partial charge is 0.0756 e. The lowest BCUT2D eigenvalue weighted by molar-refractivity contribution is 0.748. The number of rotatable bonds is 6. The normalized spacial score (nSPS) is 13.0. The minimum atomic E-state index is -0.681. The maximum Gasteiger partial charge on any atom is 0.0756 e. The Morgan fingerprint density at radius 1 is 0.303 bits per heavy atom. The second kappa shape index (κ2) is 14.2. The van der Waals surface area contributed by atoms with Gasteiger partial charge < -0.3 is 14.4 Å². The number of para-hydroxylation sites is 5. The Balaban J connectivity index is 1.10. The number of aromatic nitrogens is 1. The molecule has 0 fully saturated rings. The first-order valence-corrected chi connectivity index (χ1v) is 22.9. The monoisotopic (exact) mass is 839 g/mol. The highest BCUT2D eigenvalue weighted by molar-refractivity contribution is 6.13. The van der Waals surface area contributed by atoms with Crippen molar-refractivity contribution in [2.45, 2.75) is 5.41 Å². The summed E-state index contributed by atoms with van der Waals surface area (Å²) in [4.78, 5) is 4.91. The number of anilines is 6. The number of hydrogen-bond donors (Lipinski definition) is 0. The van der Waals surface area contributed by atoms with Crippen LogP contribution >= 0.6 is 0 Å².